The number of hydrogen-bond donors (Lipinski definition) is 1. The summed E-state index contributed by atoms with van der Waals surface area (Å²) in [4.78, 5) is 28.8. The zero-order valence-corrected chi connectivity index (χ0v) is 25.3. The Hall–Kier alpha value is -3.27. The van der Waals surface area contributed by atoms with Crippen LogP contribution in [0.2, 0.25) is 10.0 Å². The molecule has 0 heterocycles. The van der Waals surface area contributed by atoms with Crippen LogP contribution in [0.25, 0.3) is 0 Å². The minimum atomic E-state index is -4.17. The topological polar surface area (TPSA) is 96.0 Å². The van der Waals surface area contributed by atoms with Gasteiger partial charge in [0.2, 0.25) is 11.8 Å². The van der Waals surface area contributed by atoms with Gasteiger partial charge in [0, 0.05) is 28.7 Å². The molecule has 8 nitrogen and oxygen atoms in total. The predicted molar refractivity (Wildman–Crippen MR) is 161 cm³/mol. The highest BCUT2D eigenvalue weighted by Crippen LogP contribution is 2.28. The summed E-state index contributed by atoms with van der Waals surface area (Å²) in [6.07, 6.45) is 3.84. The van der Waals surface area contributed by atoms with Gasteiger partial charge in [-0.1, -0.05) is 66.4 Å². The third-order valence-electron chi connectivity index (χ3n) is 7.18. The number of anilines is 1. The number of amides is 2. The minimum absolute atomic E-state index is 0.0224. The number of sulfonamides is 1. The molecule has 2 amide bonds. The second-order valence-electron chi connectivity index (χ2n) is 9.95. The third-order valence-corrected chi connectivity index (χ3v) is 9.55. The summed E-state index contributed by atoms with van der Waals surface area (Å²) in [6, 6.07) is 18.4. The lowest BCUT2D eigenvalue weighted by atomic mass is 10.1. The highest BCUT2D eigenvalue weighted by atomic mass is 35.5. The van der Waals surface area contributed by atoms with Crippen molar-refractivity contribution < 1.29 is 22.7 Å². The maximum atomic E-state index is 14.1. The molecule has 0 unspecified atom stereocenters. The Morgan fingerprint density at radius 2 is 1.71 bits per heavy atom. The van der Waals surface area contributed by atoms with Gasteiger partial charge in [-0.05, 0) is 61.7 Å². The highest BCUT2D eigenvalue weighted by molar-refractivity contribution is 7.92. The zero-order valence-electron chi connectivity index (χ0n) is 22.9. The van der Waals surface area contributed by atoms with Crippen molar-refractivity contribution in [3.63, 3.8) is 0 Å². The van der Waals surface area contributed by atoms with E-state index in [0.717, 1.165) is 30.0 Å². The van der Waals surface area contributed by atoms with Gasteiger partial charge in [-0.25, -0.2) is 8.42 Å². The Bertz CT molecular complexity index is 1480. The number of carbonyl (C=O) groups is 2. The molecule has 0 bridgehead atoms. The number of nitrogens with one attached hydrogen (secondary N) is 1. The molecular formula is C30H33Cl2N3O5S. The molecule has 1 saturated carbocycles. The van der Waals surface area contributed by atoms with E-state index in [1.807, 2.05) is 0 Å². The monoisotopic (exact) mass is 617 g/mol. The summed E-state index contributed by atoms with van der Waals surface area (Å²) in [5.41, 5.74) is 0.817. The van der Waals surface area contributed by atoms with Crippen LogP contribution in [0.15, 0.2) is 77.7 Å². The van der Waals surface area contributed by atoms with Gasteiger partial charge in [-0.2, -0.15) is 0 Å². The Morgan fingerprint density at radius 1 is 1.00 bits per heavy atom. The second-order valence-corrected chi connectivity index (χ2v) is 12.7. The van der Waals surface area contributed by atoms with Crippen molar-refractivity contribution in [1.82, 2.24) is 10.2 Å². The van der Waals surface area contributed by atoms with Crippen molar-refractivity contribution in [1.29, 1.82) is 0 Å². The van der Waals surface area contributed by atoms with E-state index in [1.165, 1.54) is 24.1 Å². The average Bonchev–Trinajstić information content (AvgIpc) is 3.48. The van der Waals surface area contributed by atoms with Crippen molar-refractivity contribution in [3.8, 4) is 5.75 Å². The molecule has 0 spiro atoms. The smallest absolute Gasteiger partial charge is 0.264 e. The maximum absolute atomic E-state index is 14.1. The molecule has 0 radical (unpaired) electrons. The van der Waals surface area contributed by atoms with E-state index in [2.05, 4.69) is 5.32 Å². The summed E-state index contributed by atoms with van der Waals surface area (Å²) in [7, 11) is -2.70. The molecular weight excluding hydrogens is 585 g/mol. The first-order chi connectivity index (χ1) is 19.6. The van der Waals surface area contributed by atoms with Crippen molar-refractivity contribution in [2.45, 2.75) is 56.1 Å². The molecule has 1 atom stereocenters. The second kappa shape index (κ2) is 13.6. The van der Waals surface area contributed by atoms with Crippen LogP contribution in [0.3, 0.4) is 0 Å². The van der Waals surface area contributed by atoms with E-state index < -0.39 is 28.5 Å². The Labute approximate surface area is 251 Å². The van der Waals surface area contributed by atoms with Crippen molar-refractivity contribution in [2.24, 2.45) is 0 Å². The van der Waals surface area contributed by atoms with Crippen LogP contribution in [0.4, 0.5) is 5.69 Å². The molecule has 1 aliphatic rings. The fourth-order valence-corrected chi connectivity index (χ4v) is 6.72. The van der Waals surface area contributed by atoms with E-state index in [9.17, 15) is 18.0 Å². The minimum Gasteiger partial charge on any atom is -0.497 e. The molecule has 1 N–H and O–H groups in total. The van der Waals surface area contributed by atoms with Crippen molar-refractivity contribution >= 4 is 50.7 Å². The van der Waals surface area contributed by atoms with Gasteiger partial charge in [0.1, 0.15) is 18.3 Å². The van der Waals surface area contributed by atoms with Crippen LogP contribution in [0.5, 0.6) is 5.75 Å². The largest absolute Gasteiger partial charge is 0.497 e. The Kier molecular flexibility index (Phi) is 10.2. The van der Waals surface area contributed by atoms with E-state index in [4.69, 9.17) is 27.9 Å². The van der Waals surface area contributed by atoms with E-state index >= 15 is 0 Å². The molecule has 0 aliphatic heterocycles. The van der Waals surface area contributed by atoms with Gasteiger partial charge in [-0.15, -0.1) is 0 Å². The number of rotatable bonds is 11. The number of hydrogen-bond acceptors (Lipinski definition) is 5. The molecule has 3 aromatic carbocycles. The molecule has 4 rings (SSSR count). The normalized spacial score (nSPS) is 14.3. The predicted octanol–water partition coefficient (Wildman–Crippen LogP) is 5.67. The Morgan fingerprint density at radius 3 is 2.37 bits per heavy atom. The van der Waals surface area contributed by atoms with Crippen LogP contribution in [0, 0.1) is 0 Å². The number of methoxy groups -OCH3 is 1. The number of ether oxygens (including phenoxy) is 1. The summed E-state index contributed by atoms with van der Waals surface area (Å²) in [5.74, 6) is -0.459. The standard InChI is InChI=1S/C30H33Cl2N3O5S/c1-21(30(37)33-24-9-6-7-10-24)34(19-22-15-16-23(31)17-28(22)32)29(36)20-35(25-11-8-12-26(18-25)40-2)41(38,39)27-13-4-3-5-14-27/h3-5,8,11-18,21,24H,6-7,9-10,19-20H2,1-2H3,(H,33,37)/t21-/m1/s1. The van der Waals surface area contributed by atoms with Crippen LogP contribution in [0.1, 0.15) is 38.2 Å². The first-order valence-electron chi connectivity index (χ1n) is 13.4. The van der Waals surface area contributed by atoms with Crippen LogP contribution < -0.4 is 14.4 Å². The molecule has 3 aromatic rings. The average molecular weight is 619 g/mol. The first-order valence-corrected chi connectivity index (χ1v) is 15.6. The van der Waals surface area contributed by atoms with Crippen molar-refractivity contribution in [2.75, 3.05) is 18.0 Å². The maximum Gasteiger partial charge on any atom is 0.264 e. The Balaban J connectivity index is 1.71. The SMILES string of the molecule is COc1cccc(N(CC(=O)N(Cc2ccc(Cl)cc2Cl)[C@H](C)C(=O)NC2CCCC2)S(=O)(=O)c2ccccc2)c1. The lowest BCUT2D eigenvalue weighted by molar-refractivity contribution is -0.139. The van der Waals surface area contributed by atoms with Crippen LogP contribution >= 0.6 is 23.2 Å². The first kappa shape index (κ1) is 30.7. The van der Waals surface area contributed by atoms with E-state index in [-0.39, 0.29) is 29.1 Å². The number of halogens is 2. The van der Waals surface area contributed by atoms with Gasteiger partial charge in [0.25, 0.3) is 10.0 Å². The summed E-state index contributed by atoms with van der Waals surface area (Å²) < 4.78 is 34.1. The van der Waals surface area contributed by atoms with Gasteiger partial charge in [0.05, 0.1) is 17.7 Å². The molecule has 218 valence electrons. The summed E-state index contributed by atoms with van der Waals surface area (Å²) in [5, 5.41) is 3.81. The van der Waals surface area contributed by atoms with Gasteiger partial charge in [-0.3, -0.25) is 13.9 Å². The summed E-state index contributed by atoms with van der Waals surface area (Å²) >= 11 is 12.5. The van der Waals surface area contributed by atoms with Gasteiger partial charge >= 0.3 is 0 Å². The molecule has 0 saturated heterocycles. The molecule has 1 fully saturated rings. The zero-order chi connectivity index (χ0) is 29.6. The lowest BCUT2D eigenvalue weighted by Gasteiger charge is -2.32. The van der Waals surface area contributed by atoms with Gasteiger partial charge < -0.3 is 15.0 Å². The lowest BCUT2D eigenvalue weighted by Crippen LogP contribution is -2.52. The van der Waals surface area contributed by atoms with Crippen LogP contribution in [-0.4, -0.2) is 50.9 Å². The van der Waals surface area contributed by atoms with E-state index in [0.29, 0.717) is 21.4 Å². The fourth-order valence-electron chi connectivity index (χ4n) is 4.82. The summed E-state index contributed by atoms with van der Waals surface area (Å²) in [6.45, 7) is 1.05. The highest BCUT2D eigenvalue weighted by Gasteiger charge is 2.33. The fraction of sp³-hybridized carbons (Fsp3) is 0.333. The molecule has 1 aliphatic carbocycles. The van der Waals surface area contributed by atoms with E-state index in [1.54, 1.807) is 67.6 Å². The molecule has 0 aromatic heterocycles. The molecule has 41 heavy (non-hydrogen) atoms. The van der Waals surface area contributed by atoms with Gasteiger partial charge in [0.15, 0.2) is 0 Å². The molecule has 11 heteroatoms. The van der Waals surface area contributed by atoms with Crippen LogP contribution in [-0.2, 0) is 26.2 Å². The third kappa shape index (κ3) is 7.52. The quantitative estimate of drug-likeness (QED) is 0.299. The van der Waals surface area contributed by atoms with Crippen molar-refractivity contribution in [3.05, 3.63) is 88.4 Å². The number of nitrogens with zero attached hydrogens (tertiary/aromatic N) is 2. The number of benzene rings is 3. The number of carbonyl (C=O) groups excluding carboxylic acids is 2.